The van der Waals surface area contributed by atoms with E-state index in [0.717, 1.165) is 11.4 Å². The number of nitrogens with zero attached hydrogens (tertiary/aromatic N) is 1. The Kier molecular flexibility index (Phi) is 3.57. The van der Waals surface area contributed by atoms with E-state index in [1.807, 2.05) is 60.7 Å². The van der Waals surface area contributed by atoms with Gasteiger partial charge >= 0.3 is 0 Å². The van der Waals surface area contributed by atoms with Gasteiger partial charge in [0.1, 0.15) is 0 Å². The van der Waals surface area contributed by atoms with E-state index in [0.29, 0.717) is 6.54 Å². The minimum atomic E-state index is 0.143. The summed E-state index contributed by atoms with van der Waals surface area (Å²) in [5, 5.41) is 9.12. The van der Waals surface area contributed by atoms with Gasteiger partial charge in [0.25, 0.3) is 0 Å². The fraction of sp³-hybridized carbons (Fsp3) is 0.143. The summed E-state index contributed by atoms with van der Waals surface area (Å²) >= 11 is 0. The topological polar surface area (TPSA) is 23.5 Å². The first kappa shape index (κ1) is 10.7. The summed E-state index contributed by atoms with van der Waals surface area (Å²) in [7, 11) is 0. The van der Waals surface area contributed by atoms with Crippen molar-refractivity contribution in [3.63, 3.8) is 0 Å². The van der Waals surface area contributed by atoms with E-state index in [1.165, 1.54) is 0 Å². The molecule has 2 rings (SSSR count). The van der Waals surface area contributed by atoms with E-state index in [2.05, 4.69) is 4.90 Å². The molecular formula is C14H15NO. The number of anilines is 2. The third-order valence-electron chi connectivity index (χ3n) is 2.46. The Hall–Kier alpha value is -1.80. The summed E-state index contributed by atoms with van der Waals surface area (Å²) in [6.45, 7) is 0.748. The van der Waals surface area contributed by atoms with Crippen LogP contribution in [0.1, 0.15) is 0 Å². The molecule has 0 unspecified atom stereocenters. The largest absolute Gasteiger partial charge is 0.395 e. The number of aliphatic hydroxyl groups excluding tert-OH is 1. The lowest BCUT2D eigenvalue weighted by molar-refractivity contribution is 0.305. The third-order valence-corrected chi connectivity index (χ3v) is 2.46. The Balaban J connectivity index is 2.31. The van der Waals surface area contributed by atoms with Crippen LogP contribution in [-0.4, -0.2) is 18.3 Å². The molecule has 0 fully saturated rings. The molecule has 2 nitrogen and oxygen atoms in total. The van der Waals surface area contributed by atoms with Crippen molar-refractivity contribution in [3.8, 4) is 0 Å². The van der Waals surface area contributed by atoms with Crippen LogP contribution in [-0.2, 0) is 0 Å². The zero-order valence-corrected chi connectivity index (χ0v) is 9.08. The zero-order chi connectivity index (χ0) is 11.2. The van der Waals surface area contributed by atoms with Gasteiger partial charge < -0.3 is 10.0 Å². The van der Waals surface area contributed by atoms with E-state index in [9.17, 15) is 0 Å². The van der Waals surface area contributed by atoms with Crippen molar-refractivity contribution in [2.75, 3.05) is 18.1 Å². The molecule has 0 spiro atoms. The van der Waals surface area contributed by atoms with Gasteiger partial charge in [-0.25, -0.2) is 0 Å². The van der Waals surface area contributed by atoms with E-state index in [-0.39, 0.29) is 6.61 Å². The van der Waals surface area contributed by atoms with Gasteiger partial charge in [0.05, 0.1) is 6.61 Å². The Labute approximate surface area is 95.8 Å². The highest BCUT2D eigenvalue weighted by molar-refractivity contribution is 5.62. The number of para-hydroxylation sites is 2. The second-order valence-electron chi connectivity index (χ2n) is 3.55. The van der Waals surface area contributed by atoms with Crippen LogP contribution >= 0.6 is 0 Å². The molecule has 0 aliphatic carbocycles. The predicted octanol–water partition coefficient (Wildman–Crippen LogP) is 2.82. The lowest BCUT2D eigenvalue weighted by atomic mass is 10.2. The van der Waals surface area contributed by atoms with Crippen LogP contribution in [0.2, 0.25) is 0 Å². The molecule has 0 atom stereocenters. The fourth-order valence-corrected chi connectivity index (χ4v) is 1.72. The van der Waals surface area contributed by atoms with E-state index >= 15 is 0 Å². The molecule has 0 radical (unpaired) electrons. The van der Waals surface area contributed by atoms with Gasteiger partial charge in [0.15, 0.2) is 0 Å². The highest BCUT2D eigenvalue weighted by Crippen LogP contribution is 2.23. The van der Waals surface area contributed by atoms with Crippen molar-refractivity contribution >= 4 is 11.4 Å². The molecule has 0 amide bonds. The molecule has 16 heavy (non-hydrogen) atoms. The molecule has 1 N–H and O–H groups in total. The average molecular weight is 213 g/mol. The van der Waals surface area contributed by atoms with E-state index in [1.54, 1.807) is 0 Å². The van der Waals surface area contributed by atoms with Gasteiger partial charge in [-0.2, -0.15) is 0 Å². The molecule has 0 heterocycles. The highest BCUT2D eigenvalue weighted by Gasteiger charge is 2.06. The molecule has 0 bridgehead atoms. The van der Waals surface area contributed by atoms with Crippen LogP contribution in [0.5, 0.6) is 0 Å². The van der Waals surface area contributed by atoms with Crippen molar-refractivity contribution in [1.29, 1.82) is 0 Å². The number of rotatable bonds is 4. The number of aliphatic hydroxyl groups is 1. The van der Waals surface area contributed by atoms with Crippen LogP contribution in [0.25, 0.3) is 0 Å². The number of hydrogen-bond acceptors (Lipinski definition) is 2. The van der Waals surface area contributed by atoms with Gasteiger partial charge in [-0.3, -0.25) is 0 Å². The Morgan fingerprint density at radius 2 is 1.19 bits per heavy atom. The normalized spacial score (nSPS) is 10.1. The minimum Gasteiger partial charge on any atom is -0.395 e. The van der Waals surface area contributed by atoms with Crippen molar-refractivity contribution < 1.29 is 5.11 Å². The maximum absolute atomic E-state index is 9.12. The van der Waals surface area contributed by atoms with Crippen molar-refractivity contribution in [3.05, 3.63) is 60.7 Å². The van der Waals surface area contributed by atoms with Gasteiger partial charge in [0.2, 0.25) is 0 Å². The molecule has 0 aliphatic heterocycles. The van der Waals surface area contributed by atoms with Crippen LogP contribution < -0.4 is 4.90 Å². The summed E-state index contributed by atoms with van der Waals surface area (Å²) in [4.78, 5) is 2.10. The second kappa shape index (κ2) is 5.33. The highest BCUT2D eigenvalue weighted by atomic mass is 16.3. The summed E-state index contributed by atoms with van der Waals surface area (Å²) in [6, 6.07) is 20.2. The van der Waals surface area contributed by atoms with Crippen LogP contribution in [0.3, 0.4) is 0 Å². The minimum absolute atomic E-state index is 0.143. The Bertz CT molecular complexity index is 374. The lowest BCUT2D eigenvalue weighted by Gasteiger charge is -2.23. The molecule has 2 aromatic carbocycles. The SMILES string of the molecule is OCCN(c1ccccc1)c1ccccc1. The lowest BCUT2D eigenvalue weighted by Crippen LogP contribution is -2.20. The Morgan fingerprint density at radius 3 is 1.56 bits per heavy atom. The first-order valence-electron chi connectivity index (χ1n) is 5.40. The summed E-state index contributed by atoms with van der Waals surface area (Å²) in [5.41, 5.74) is 2.20. The van der Waals surface area contributed by atoms with Crippen molar-refractivity contribution in [1.82, 2.24) is 0 Å². The zero-order valence-electron chi connectivity index (χ0n) is 9.08. The van der Waals surface area contributed by atoms with E-state index < -0.39 is 0 Å². The Morgan fingerprint density at radius 1 is 0.750 bits per heavy atom. The summed E-state index contributed by atoms with van der Waals surface area (Å²) in [6.07, 6.45) is 0. The summed E-state index contributed by atoms with van der Waals surface area (Å²) < 4.78 is 0. The molecule has 0 aliphatic rings. The van der Waals surface area contributed by atoms with Crippen LogP contribution in [0, 0.1) is 0 Å². The third kappa shape index (κ3) is 2.41. The molecule has 2 aromatic rings. The summed E-state index contributed by atoms with van der Waals surface area (Å²) in [5.74, 6) is 0. The van der Waals surface area contributed by atoms with Gasteiger partial charge in [-0.1, -0.05) is 36.4 Å². The van der Waals surface area contributed by atoms with Gasteiger partial charge in [-0.15, -0.1) is 0 Å². The van der Waals surface area contributed by atoms with Crippen molar-refractivity contribution in [2.24, 2.45) is 0 Å². The first-order valence-corrected chi connectivity index (χ1v) is 5.40. The quantitative estimate of drug-likeness (QED) is 0.844. The predicted molar refractivity (Wildman–Crippen MR) is 67.0 cm³/mol. The maximum Gasteiger partial charge on any atom is 0.0610 e. The number of hydrogen-bond donors (Lipinski definition) is 1. The average Bonchev–Trinajstić information content (AvgIpc) is 2.38. The van der Waals surface area contributed by atoms with Crippen LogP contribution in [0.4, 0.5) is 11.4 Å². The number of benzene rings is 2. The first-order chi connectivity index (χ1) is 7.92. The molecule has 2 heteroatoms. The van der Waals surface area contributed by atoms with Gasteiger partial charge in [-0.05, 0) is 24.3 Å². The van der Waals surface area contributed by atoms with E-state index in [4.69, 9.17) is 5.11 Å². The van der Waals surface area contributed by atoms with Gasteiger partial charge in [0, 0.05) is 17.9 Å². The molecule has 0 aromatic heterocycles. The smallest absolute Gasteiger partial charge is 0.0610 e. The van der Waals surface area contributed by atoms with Crippen molar-refractivity contribution in [2.45, 2.75) is 0 Å². The fourth-order valence-electron chi connectivity index (χ4n) is 1.72. The molecule has 0 saturated carbocycles. The standard InChI is InChI=1S/C14H15NO/c16-12-11-15(13-7-3-1-4-8-13)14-9-5-2-6-10-14/h1-10,16H,11-12H2. The van der Waals surface area contributed by atoms with Crippen LogP contribution in [0.15, 0.2) is 60.7 Å². The second-order valence-corrected chi connectivity index (χ2v) is 3.55. The molecule has 0 saturated heterocycles. The molecule has 82 valence electrons. The maximum atomic E-state index is 9.12. The monoisotopic (exact) mass is 213 g/mol. The molecular weight excluding hydrogens is 198 g/mol.